The number of thioether (sulfide) groups is 1. The van der Waals surface area contributed by atoms with Crippen LogP contribution in [0.25, 0.3) is 17.3 Å². The van der Waals surface area contributed by atoms with E-state index in [9.17, 15) is 9.18 Å². The Bertz CT molecular complexity index is 1090. The van der Waals surface area contributed by atoms with Crippen LogP contribution in [0.4, 0.5) is 4.39 Å². The first kappa shape index (κ1) is 18.2. The number of hydrogen-bond acceptors (Lipinski definition) is 5. The van der Waals surface area contributed by atoms with Crippen LogP contribution in [0.1, 0.15) is 15.9 Å². The molecule has 7 heteroatoms. The molecule has 2 aromatic carbocycles. The molecular formula is C21H16FN3O2S. The van der Waals surface area contributed by atoms with Crippen LogP contribution in [0.5, 0.6) is 0 Å². The van der Waals surface area contributed by atoms with Crippen LogP contribution in [-0.4, -0.2) is 26.3 Å². The number of carbonyl (C=O) groups is 1. The van der Waals surface area contributed by atoms with E-state index in [1.807, 2.05) is 31.2 Å². The number of halogens is 1. The SMILES string of the molecule is Cc1ccc(C(=O)CSc2nnc(-c3ccco3)n2-c2ccc(F)cc2)cc1. The van der Waals surface area contributed by atoms with E-state index in [-0.39, 0.29) is 17.4 Å². The molecule has 0 atom stereocenters. The Balaban J connectivity index is 1.64. The molecule has 0 N–H and O–H groups in total. The van der Waals surface area contributed by atoms with Crippen molar-refractivity contribution in [2.75, 3.05) is 5.75 Å². The van der Waals surface area contributed by atoms with Crippen molar-refractivity contribution in [2.45, 2.75) is 12.1 Å². The third-order valence-electron chi connectivity index (χ3n) is 4.17. The molecule has 0 saturated heterocycles. The monoisotopic (exact) mass is 393 g/mol. The Morgan fingerprint density at radius 2 is 1.82 bits per heavy atom. The highest BCUT2D eigenvalue weighted by Crippen LogP contribution is 2.28. The first-order valence-corrected chi connectivity index (χ1v) is 9.58. The highest BCUT2D eigenvalue weighted by Gasteiger charge is 2.19. The summed E-state index contributed by atoms with van der Waals surface area (Å²) in [5.41, 5.74) is 2.43. The first-order chi connectivity index (χ1) is 13.6. The Morgan fingerprint density at radius 3 is 2.50 bits per heavy atom. The fraction of sp³-hybridized carbons (Fsp3) is 0.0952. The maximum atomic E-state index is 13.4. The van der Waals surface area contributed by atoms with Gasteiger partial charge in [-0.3, -0.25) is 9.36 Å². The Morgan fingerprint density at radius 1 is 1.07 bits per heavy atom. The minimum atomic E-state index is -0.333. The molecule has 0 aliphatic heterocycles. The summed E-state index contributed by atoms with van der Waals surface area (Å²) in [6.45, 7) is 1.98. The van der Waals surface area contributed by atoms with Gasteiger partial charge < -0.3 is 4.42 Å². The van der Waals surface area contributed by atoms with Crippen molar-refractivity contribution < 1.29 is 13.6 Å². The molecule has 0 saturated carbocycles. The molecular weight excluding hydrogens is 377 g/mol. The van der Waals surface area contributed by atoms with E-state index in [1.165, 1.54) is 23.9 Å². The van der Waals surface area contributed by atoms with Gasteiger partial charge in [0.25, 0.3) is 0 Å². The molecule has 0 radical (unpaired) electrons. The molecule has 4 aromatic rings. The van der Waals surface area contributed by atoms with Crippen molar-refractivity contribution in [3.8, 4) is 17.3 Å². The fourth-order valence-corrected chi connectivity index (χ4v) is 3.55. The smallest absolute Gasteiger partial charge is 0.205 e. The summed E-state index contributed by atoms with van der Waals surface area (Å²) in [7, 11) is 0. The van der Waals surface area contributed by atoms with E-state index in [2.05, 4.69) is 10.2 Å². The fourth-order valence-electron chi connectivity index (χ4n) is 2.70. The molecule has 5 nitrogen and oxygen atoms in total. The lowest BCUT2D eigenvalue weighted by atomic mass is 10.1. The van der Waals surface area contributed by atoms with Gasteiger partial charge in [0.1, 0.15) is 5.82 Å². The second kappa shape index (κ2) is 7.82. The summed E-state index contributed by atoms with van der Waals surface area (Å²) in [4.78, 5) is 12.5. The number of aryl methyl sites for hydroxylation is 1. The van der Waals surface area contributed by atoms with Gasteiger partial charge in [0, 0.05) is 5.56 Å². The van der Waals surface area contributed by atoms with Crippen molar-refractivity contribution in [1.82, 2.24) is 14.8 Å². The van der Waals surface area contributed by atoms with Gasteiger partial charge in [0.15, 0.2) is 16.7 Å². The van der Waals surface area contributed by atoms with Crippen LogP contribution in [0.2, 0.25) is 0 Å². The zero-order valence-electron chi connectivity index (χ0n) is 15.0. The lowest BCUT2D eigenvalue weighted by molar-refractivity contribution is 0.102. The summed E-state index contributed by atoms with van der Waals surface area (Å²) in [5.74, 6) is 0.898. The van der Waals surface area contributed by atoms with E-state index in [0.717, 1.165) is 5.56 Å². The van der Waals surface area contributed by atoms with Crippen LogP contribution in [0.3, 0.4) is 0 Å². The zero-order chi connectivity index (χ0) is 19.5. The van der Waals surface area contributed by atoms with E-state index in [4.69, 9.17) is 4.42 Å². The second-order valence-electron chi connectivity index (χ2n) is 6.17. The van der Waals surface area contributed by atoms with Gasteiger partial charge in [0.05, 0.1) is 17.7 Å². The molecule has 2 heterocycles. The number of hydrogen-bond donors (Lipinski definition) is 0. The van der Waals surface area contributed by atoms with Gasteiger partial charge in [-0.15, -0.1) is 10.2 Å². The third kappa shape index (κ3) is 3.75. The summed E-state index contributed by atoms with van der Waals surface area (Å²) in [6.07, 6.45) is 1.55. The lowest BCUT2D eigenvalue weighted by Gasteiger charge is -2.09. The van der Waals surface area contributed by atoms with E-state index < -0.39 is 0 Å². The summed E-state index contributed by atoms with van der Waals surface area (Å²) >= 11 is 1.28. The Hall–Kier alpha value is -3.19. The lowest BCUT2D eigenvalue weighted by Crippen LogP contribution is -2.05. The minimum absolute atomic E-state index is 0.00166. The number of benzene rings is 2. The molecule has 0 spiro atoms. The van der Waals surface area contributed by atoms with Gasteiger partial charge in [-0.05, 0) is 43.3 Å². The molecule has 0 amide bonds. The molecule has 140 valence electrons. The number of nitrogens with zero attached hydrogens (tertiary/aromatic N) is 3. The average Bonchev–Trinajstić information content (AvgIpc) is 3.37. The molecule has 2 aromatic heterocycles. The molecule has 0 aliphatic carbocycles. The number of ketones is 1. The van der Waals surface area contributed by atoms with Gasteiger partial charge in [-0.2, -0.15) is 0 Å². The van der Waals surface area contributed by atoms with Crippen LogP contribution < -0.4 is 0 Å². The quantitative estimate of drug-likeness (QED) is 0.343. The number of carbonyl (C=O) groups excluding carboxylic acids is 1. The van der Waals surface area contributed by atoms with Gasteiger partial charge in [0.2, 0.25) is 5.82 Å². The summed E-state index contributed by atoms with van der Waals surface area (Å²) in [6, 6.07) is 17.0. The van der Waals surface area contributed by atoms with Crippen molar-refractivity contribution >= 4 is 17.5 Å². The highest BCUT2D eigenvalue weighted by molar-refractivity contribution is 7.99. The van der Waals surface area contributed by atoms with Gasteiger partial charge in [-0.1, -0.05) is 41.6 Å². The van der Waals surface area contributed by atoms with Gasteiger partial charge >= 0.3 is 0 Å². The van der Waals surface area contributed by atoms with Crippen LogP contribution in [-0.2, 0) is 0 Å². The predicted molar refractivity (Wildman–Crippen MR) is 105 cm³/mol. The average molecular weight is 393 g/mol. The van der Waals surface area contributed by atoms with Crippen LogP contribution >= 0.6 is 11.8 Å². The van der Waals surface area contributed by atoms with Crippen LogP contribution in [0, 0.1) is 12.7 Å². The first-order valence-electron chi connectivity index (χ1n) is 8.60. The Labute approximate surface area is 165 Å². The summed E-state index contributed by atoms with van der Waals surface area (Å²) < 4.78 is 20.6. The molecule has 28 heavy (non-hydrogen) atoms. The van der Waals surface area contributed by atoms with E-state index in [1.54, 1.807) is 35.1 Å². The van der Waals surface area contributed by atoms with Crippen molar-refractivity contribution in [3.05, 3.63) is 83.9 Å². The largest absolute Gasteiger partial charge is 0.461 e. The highest BCUT2D eigenvalue weighted by atomic mass is 32.2. The van der Waals surface area contributed by atoms with Gasteiger partial charge in [-0.25, -0.2) is 4.39 Å². The number of aromatic nitrogens is 3. The number of Topliss-reactive ketones (excluding diaryl/α,β-unsaturated/α-hetero) is 1. The molecule has 0 unspecified atom stereocenters. The number of furan rings is 1. The normalized spacial score (nSPS) is 10.9. The third-order valence-corrected chi connectivity index (χ3v) is 5.09. The standard InChI is InChI=1S/C21H16FN3O2S/c1-14-4-6-15(7-5-14)18(26)13-28-21-24-23-20(19-3-2-12-27-19)25(21)17-10-8-16(22)9-11-17/h2-12H,13H2,1H3. The second-order valence-corrected chi connectivity index (χ2v) is 7.12. The Kier molecular flexibility index (Phi) is 5.08. The topological polar surface area (TPSA) is 60.9 Å². The number of rotatable bonds is 6. The minimum Gasteiger partial charge on any atom is -0.461 e. The maximum absolute atomic E-state index is 13.4. The van der Waals surface area contributed by atoms with Crippen molar-refractivity contribution in [1.29, 1.82) is 0 Å². The molecule has 0 fully saturated rings. The zero-order valence-corrected chi connectivity index (χ0v) is 15.8. The van der Waals surface area contributed by atoms with E-state index in [0.29, 0.717) is 28.0 Å². The van der Waals surface area contributed by atoms with E-state index >= 15 is 0 Å². The molecule has 4 rings (SSSR count). The molecule has 0 bridgehead atoms. The maximum Gasteiger partial charge on any atom is 0.205 e. The molecule has 0 aliphatic rings. The van der Waals surface area contributed by atoms with Crippen LogP contribution in [0.15, 0.2) is 76.5 Å². The van der Waals surface area contributed by atoms with Crippen molar-refractivity contribution in [3.63, 3.8) is 0 Å². The summed E-state index contributed by atoms with van der Waals surface area (Å²) in [5, 5.41) is 8.96. The van der Waals surface area contributed by atoms with Crippen molar-refractivity contribution in [2.24, 2.45) is 0 Å². The predicted octanol–water partition coefficient (Wildman–Crippen LogP) is 4.95.